The summed E-state index contributed by atoms with van der Waals surface area (Å²) >= 11 is 0. The van der Waals surface area contributed by atoms with E-state index in [9.17, 15) is 0 Å². The summed E-state index contributed by atoms with van der Waals surface area (Å²) < 4.78 is 2.07. The molecule has 0 aromatic carbocycles. The van der Waals surface area contributed by atoms with Crippen LogP contribution in [0.5, 0.6) is 0 Å². The van der Waals surface area contributed by atoms with E-state index in [4.69, 9.17) is 4.98 Å². The van der Waals surface area contributed by atoms with Gasteiger partial charge in [-0.3, -0.25) is 4.98 Å². The van der Waals surface area contributed by atoms with Crippen molar-refractivity contribution < 1.29 is 0 Å². The van der Waals surface area contributed by atoms with Crippen molar-refractivity contribution in [2.45, 2.75) is 20.3 Å². The van der Waals surface area contributed by atoms with Crippen molar-refractivity contribution >= 4 is 11.0 Å². The molecule has 0 radical (unpaired) electrons. The van der Waals surface area contributed by atoms with Crippen LogP contribution in [-0.4, -0.2) is 14.5 Å². The van der Waals surface area contributed by atoms with Crippen LogP contribution in [0.4, 0.5) is 0 Å². The highest BCUT2D eigenvalue weighted by Gasteiger charge is 2.08. The topological polar surface area (TPSA) is 30.7 Å². The summed E-state index contributed by atoms with van der Waals surface area (Å²) in [5.74, 6) is 0. The fourth-order valence-electron chi connectivity index (χ4n) is 2.42. The predicted octanol–water partition coefficient (Wildman–Crippen LogP) is 3.51. The van der Waals surface area contributed by atoms with E-state index in [0.29, 0.717) is 0 Å². The molecule has 0 N–H and O–H groups in total. The molecule has 3 rings (SSSR count). The van der Waals surface area contributed by atoms with Gasteiger partial charge in [-0.05, 0) is 48.7 Å². The quantitative estimate of drug-likeness (QED) is 0.698. The highest BCUT2D eigenvalue weighted by atomic mass is 15.0. The molecular formula is C16H17N3. The van der Waals surface area contributed by atoms with Crippen molar-refractivity contribution in [2.75, 3.05) is 0 Å². The molecule has 0 unspecified atom stereocenters. The van der Waals surface area contributed by atoms with E-state index in [-0.39, 0.29) is 0 Å². The number of pyridine rings is 2. The van der Waals surface area contributed by atoms with E-state index in [0.717, 1.165) is 23.5 Å². The normalized spacial score (nSPS) is 11.1. The zero-order valence-corrected chi connectivity index (χ0v) is 11.5. The van der Waals surface area contributed by atoms with Crippen molar-refractivity contribution in [1.82, 2.24) is 14.5 Å². The number of hydrogen-bond donors (Lipinski definition) is 0. The van der Waals surface area contributed by atoms with E-state index >= 15 is 0 Å². The molecule has 0 aliphatic rings. The van der Waals surface area contributed by atoms with Crippen LogP contribution < -0.4 is 0 Å². The van der Waals surface area contributed by atoms with Crippen LogP contribution in [0.15, 0.2) is 36.7 Å². The van der Waals surface area contributed by atoms with Gasteiger partial charge in [0.2, 0.25) is 0 Å². The SMILES string of the molecule is CCc1ccnc(-c2ccc3c(C)cn(C)c3n2)c1. The van der Waals surface area contributed by atoms with Gasteiger partial charge in [-0.25, -0.2) is 4.98 Å². The molecule has 3 aromatic heterocycles. The number of nitrogens with zero attached hydrogens (tertiary/aromatic N) is 3. The molecule has 0 saturated heterocycles. The second kappa shape index (κ2) is 4.50. The van der Waals surface area contributed by atoms with Crippen LogP contribution in [0, 0.1) is 6.92 Å². The molecule has 3 heterocycles. The lowest BCUT2D eigenvalue weighted by Crippen LogP contribution is -1.93. The second-order valence-corrected chi connectivity index (χ2v) is 4.89. The maximum atomic E-state index is 4.74. The maximum Gasteiger partial charge on any atom is 0.140 e. The average molecular weight is 251 g/mol. The summed E-state index contributed by atoms with van der Waals surface area (Å²) in [6.07, 6.45) is 4.98. The largest absolute Gasteiger partial charge is 0.335 e. The Morgan fingerprint density at radius 3 is 2.79 bits per heavy atom. The number of fused-ring (bicyclic) bond motifs is 1. The van der Waals surface area contributed by atoms with Crippen LogP contribution in [0.2, 0.25) is 0 Å². The Hall–Kier alpha value is -2.16. The molecule has 3 heteroatoms. The van der Waals surface area contributed by atoms with Gasteiger partial charge in [0.25, 0.3) is 0 Å². The lowest BCUT2D eigenvalue weighted by molar-refractivity contribution is 0.944. The van der Waals surface area contributed by atoms with Crippen molar-refractivity contribution in [3.8, 4) is 11.4 Å². The Kier molecular flexibility index (Phi) is 2.82. The Bertz CT molecular complexity index is 741. The van der Waals surface area contributed by atoms with Gasteiger partial charge in [0, 0.05) is 24.8 Å². The molecule has 0 amide bonds. The Labute approximate surface area is 112 Å². The van der Waals surface area contributed by atoms with Crippen LogP contribution >= 0.6 is 0 Å². The van der Waals surface area contributed by atoms with Crippen molar-refractivity contribution in [2.24, 2.45) is 7.05 Å². The maximum absolute atomic E-state index is 4.74. The summed E-state index contributed by atoms with van der Waals surface area (Å²) in [7, 11) is 2.03. The first-order valence-electron chi connectivity index (χ1n) is 6.57. The lowest BCUT2D eigenvalue weighted by atomic mass is 10.1. The summed E-state index contributed by atoms with van der Waals surface area (Å²) in [5.41, 5.74) is 5.43. The third kappa shape index (κ3) is 2.01. The van der Waals surface area contributed by atoms with Gasteiger partial charge >= 0.3 is 0 Å². The molecule has 0 atom stereocenters. The Balaban J connectivity index is 2.17. The van der Waals surface area contributed by atoms with Crippen molar-refractivity contribution in [3.05, 3.63) is 47.8 Å². The lowest BCUT2D eigenvalue weighted by Gasteiger charge is -2.03. The first-order valence-corrected chi connectivity index (χ1v) is 6.57. The molecule has 0 fully saturated rings. The summed E-state index contributed by atoms with van der Waals surface area (Å²) in [6, 6.07) is 8.35. The molecule has 0 aliphatic heterocycles. The zero-order chi connectivity index (χ0) is 13.4. The second-order valence-electron chi connectivity index (χ2n) is 4.89. The monoisotopic (exact) mass is 251 g/mol. The third-order valence-corrected chi connectivity index (χ3v) is 3.52. The molecule has 0 saturated carbocycles. The van der Waals surface area contributed by atoms with Gasteiger partial charge in [0.15, 0.2) is 0 Å². The average Bonchev–Trinajstić information content (AvgIpc) is 2.74. The van der Waals surface area contributed by atoms with E-state index in [1.165, 1.54) is 16.5 Å². The molecule has 0 bridgehead atoms. The van der Waals surface area contributed by atoms with E-state index < -0.39 is 0 Å². The molecular weight excluding hydrogens is 234 g/mol. The van der Waals surface area contributed by atoms with Gasteiger partial charge in [-0.2, -0.15) is 0 Å². The summed E-state index contributed by atoms with van der Waals surface area (Å²) in [5, 5.41) is 1.21. The summed E-state index contributed by atoms with van der Waals surface area (Å²) in [4.78, 5) is 9.17. The number of aromatic nitrogens is 3. The molecule has 3 aromatic rings. The summed E-state index contributed by atoms with van der Waals surface area (Å²) in [6.45, 7) is 4.26. The molecule has 0 aliphatic carbocycles. The number of aryl methyl sites for hydroxylation is 3. The highest BCUT2D eigenvalue weighted by molar-refractivity contribution is 5.82. The first kappa shape index (κ1) is 11.9. The molecule has 3 nitrogen and oxygen atoms in total. The van der Waals surface area contributed by atoms with E-state index in [1.54, 1.807) is 0 Å². The van der Waals surface area contributed by atoms with Gasteiger partial charge in [0.1, 0.15) is 5.65 Å². The van der Waals surface area contributed by atoms with Gasteiger partial charge < -0.3 is 4.57 Å². The first-order chi connectivity index (χ1) is 9.19. The van der Waals surface area contributed by atoms with Crippen molar-refractivity contribution in [3.63, 3.8) is 0 Å². The Morgan fingerprint density at radius 2 is 2.00 bits per heavy atom. The van der Waals surface area contributed by atoms with Crippen molar-refractivity contribution in [1.29, 1.82) is 0 Å². The fourth-order valence-corrected chi connectivity index (χ4v) is 2.42. The highest BCUT2D eigenvalue weighted by Crippen LogP contribution is 2.23. The van der Waals surface area contributed by atoms with Crippen LogP contribution in [0.1, 0.15) is 18.1 Å². The standard InChI is InChI=1S/C16H17N3/c1-4-12-7-8-17-15(9-12)14-6-5-13-11(2)10-19(3)16(13)18-14/h5-10H,4H2,1-3H3. The minimum atomic E-state index is 0.934. The van der Waals surface area contributed by atoms with Crippen LogP contribution in [0.25, 0.3) is 22.4 Å². The number of hydrogen-bond acceptors (Lipinski definition) is 2. The smallest absolute Gasteiger partial charge is 0.140 e. The molecule has 0 spiro atoms. The van der Waals surface area contributed by atoms with Crippen LogP contribution in [-0.2, 0) is 13.5 Å². The van der Waals surface area contributed by atoms with Crippen LogP contribution in [0.3, 0.4) is 0 Å². The predicted molar refractivity (Wildman–Crippen MR) is 78.1 cm³/mol. The minimum Gasteiger partial charge on any atom is -0.335 e. The van der Waals surface area contributed by atoms with Gasteiger partial charge in [-0.15, -0.1) is 0 Å². The van der Waals surface area contributed by atoms with E-state index in [2.05, 4.69) is 53.9 Å². The molecule has 19 heavy (non-hydrogen) atoms. The van der Waals surface area contributed by atoms with Gasteiger partial charge in [-0.1, -0.05) is 6.92 Å². The third-order valence-electron chi connectivity index (χ3n) is 3.52. The van der Waals surface area contributed by atoms with Gasteiger partial charge in [0.05, 0.1) is 11.4 Å². The zero-order valence-electron chi connectivity index (χ0n) is 11.5. The minimum absolute atomic E-state index is 0.934. The fraction of sp³-hybridized carbons (Fsp3) is 0.250. The number of rotatable bonds is 2. The van der Waals surface area contributed by atoms with E-state index in [1.807, 2.05) is 13.2 Å². The molecule has 96 valence electrons. The Morgan fingerprint density at radius 1 is 1.16 bits per heavy atom.